The van der Waals surface area contributed by atoms with Crippen LogP contribution in [0.3, 0.4) is 0 Å². The van der Waals surface area contributed by atoms with E-state index in [0.29, 0.717) is 6.54 Å². The zero-order valence-electron chi connectivity index (χ0n) is 12.1. The second-order valence-corrected chi connectivity index (χ2v) is 5.40. The van der Waals surface area contributed by atoms with Gasteiger partial charge in [0.05, 0.1) is 0 Å². The first-order valence-electron chi connectivity index (χ1n) is 6.99. The molecular formula is C15H23FN2O2. The fourth-order valence-electron chi connectivity index (χ4n) is 2.65. The molecule has 1 aliphatic rings. The highest BCUT2D eigenvalue weighted by Gasteiger charge is 2.27. The number of nitrogens with zero attached hydrogens (tertiary/aromatic N) is 2. The molecule has 1 saturated heterocycles. The van der Waals surface area contributed by atoms with E-state index in [0.717, 1.165) is 31.5 Å². The van der Waals surface area contributed by atoms with Crippen molar-refractivity contribution in [3.8, 4) is 0 Å². The summed E-state index contributed by atoms with van der Waals surface area (Å²) in [5.74, 6) is -0.244. The summed E-state index contributed by atoms with van der Waals surface area (Å²) < 4.78 is 18.0. The van der Waals surface area contributed by atoms with Gasteiger partial charge >= 0.3 is 0 Å². The average molecular weight is 282 g/mol. The van der Waals surface area contributed by atoms with E-state index in [2.05, 4.69) is 11.9 Å². The van der Waals surface area contributed by atoms with Crippen molar-refractivity contribution in [3.05, 3.63) is 35.6 Å². The number of halogens is 1. The maximum Gasteiger partial charge on any atom is 0.216 e. The van der Waals surface area contributed by atoms with Crippen LogP contribution in [0.15, 0.2) is 24.3 Å². The van der Waals surface area contributed by atoms with E-state index in [1.165, 1.54) is 19.2 Å². The van der Waals surface area contributed by atoms with Gasteiger partial charge in [0, 0.05) is 19.7 Å². The molecule has 1 fully saturated rings. The minimum Gasteiger partial charge on any atom is -0.356 e. The molecule has 0 radical (unpaired) electrons. The lowest BCUT2D eigenvalue weighted by atomic mass is 10.0. The molecule has 0 bridgehead atoms. The van der Waals surface area contributed by atoms with Crippen LogP contribution in [0, 0.1) is 5.82 Å². The van der Waals surface area contributed by atoms with Crippen molar-refractivity contribution in [2.45, 2.75) is 31.8 Å². The van der Waals surface area contributed by atoms with Crippen LogP contribution >= 0.6 is 0 Å². The van der Waals surface area contributed by atoms with E-state index in [1.54, 1.807) is 12.1 Å². The number of hydrogen-bond acceptors (Lipinski definition) is 4. The average Bonchev–Trinajstić information content (AvgIpc) is 2.47. The van der Waals surface area contributed by atoms with Crippen molar-refractivity contribution in [2.75, 3.05) is 27.2 Å². The molecule has 1 unspecified atom stereocenters. The molecule has 1 aromatic carbocycles. The van der Waals surface area contributed by atoms with Gasteiger partial charge in [0.25, 0.3) is 0 Å². The van der Waals surface area contributed by atoms with E-state index in [4.69, 9.17) is 4.74 Å². The molecule has 0 amide bonds. The molecule has 2 rings (SSSR count). The first-order chi connectivity index (χ1) is 9.60. The molecule has 0 spiro atoms. The summed E-state index contributed by atoms with van der Waals surface area (Å²) in [6, 6.07) is 6.67. The number of methoxy groups -OCH3 is 1. The Balaban J connectivity index is 2.05. The van der Waals surface area contributed by atoms with Gasteiger partial charge < -0.3 is 14.7 Å². The van der Waals surface area contributed by atoms with Crippen LogP contribution in [-0.2, 0) is 11.3 Å². The number of ether oxygens (including phenoxy) is 1. The van der Waals surface area contributed by atoms with Crippen molar-refractivity contribution in [1.82, 2.24) is 9.80 Å². The molecule has 20 heavy (non-hydrogen) atoms. The Morgan fingerprint density at radius 2 is 1.95 bits per heavy atom. The fraction of sp³-hybridized carbons (Fsp3) is 0.600. The SMILES string of the molecule is COC(O)N(Cc1ccc(F)cc1)C1CCN(C)CC1. The van der Waals surface area contributed by atoms with Crippen LogP contribution in [0.1, 0.15) is 18.4 Å². The summed E-state index contributed by atoms with van der Waals surface area (Å²) >= 11 is 0. The Hall–Kier alpha value is -1.01. The lowest BCUT2D eigenvalue weighted by Crippen LogP contribution is -2.48. The summed E-state index contributed by atoms with van der Waals surface area (Å²) in [6.45, 7) is 2.59. The van der Waals surface area contributed by atoms with Crippen molar-refractivity contribution >= 4 is 0 Å². The van der Waals surface area contributed by atoms with Crippen LogP contribution in [0.5, 0.6) is 0 Å². The third kappa shape index (κ3) is 3.99. The Kier molecular flexibility index (Phi) is 5.48. The van der Waals surface area contributed by atoms with Gasteiger partial charge in [0.1, 0.15) is 5.82 Å². The molecule has 1 N–H and O–H groups in total. The van der Waals surface area contributed by atoms with Gasteiger partial charge in [0.15, 0.2) is 0 Å². The van der Waals surface area contributed by atoms with Crippen molar-refractivity contribution in [3.63, 3.8) is 0 Å². The van der Waals surface area contributed by atoms with Gasteiger partial charge in [0.2, 0.25) is 6.41 Å². The number of benzene rings is 1. The highest BCUT2D eigenvalue weighted by Crippen LogP contribution is 2.20. The number of piperidine rings is 1. The normalized spacial score (nSPS) is 19.4. The smallest absolute Gasteiger partial charge is 0.216 e. The van der Waals surface area contributed by atoms with Gasteiger partial charge in [-0.3, -0.25) is 0 Å². The molecule has 1 heterocycles. The maximum absolute atomic E-state index is 13.0. The second kappa shape index (κ2) is 7.13. The van der Waals surface area contributed by atoms with Gasteiger partial charge in [-0.05, 0) is 50.7 Å². The van der Waals surface area contributed by atoms with Crippen LogP contribution in [0.2, 0.25) is 0 Å². The number of likely N-dealkylation sites (tertiary alicyclic amines) is 1. The van der Waals surface area contributed by atoms with Gasteiger partial charge in [-0.25, -0.2) is 9.29 Å². The molecule has 1 aliphatic heterocycles. The molecule has 0 aromatic heterocycles. The summed E-state index contributed by atoms with van der Waals surface area (Å²) in [5, 5.41) is 10.1. The predicted octanol–water partition coefficient (Wildman–Crippen LogP) is 1.64. The molecule has 5 heteroatoms. The molecule has 1 atom stereocenters. The van der Waals surface area contributed by atoms with Gasteiger partial charge in [-0.1, -0.05) is 12.1 Å². The highest BCUT2D eigenvalue weighted by molar-refractivity contribution is 5.16. The van der Waals surface area contributed by atoms with Crippen LogP contribution in [0.4, 0.5) is 4.39 Å². The number of hydrogen-bond donors (Lipinski definition) is 1. The standard InChI is InChI=1S/C15H23FN2O2/c1-17-9-7-14(8-10-17)18(15(19)20-2)11-12-3-5-13(16)6-4-12/h3-6,14-15,19H,7-11H2,1-2H3. The summed E-state index contributed by atoms with van der Waals surface area (Å²) in [7, 11) is 3.60. The van der Waals surface area contributed by atoms with Crippen LogP contribution in [-0.4, -0.2) is 54.6 Å². The zero-order chi connectivity index (χ0) is 14.5. The van der Waals surface area contributed by atoms with Gasteiger partial charge in [-0.15, -0.1) is 0 Å². The van der Waals surface area contributed by atoms with E-state index in [9.17, 15) is 9.50 Å². The Morgan fingerprint density at radius 3 is 2.50 bits per heavy atom. The highest BCUT2D eigenvalue weighted by atomic mass is 19.1. The number of aliphatic hydroxyl groups excluding tert-OH is 1. The Morgan fingerprint density at radius 1 is 1.35 bits per heavy atom. The second-order valence-electron chi connectivity index (χ2n) is 5.40. The molecule has 1 aromatic rings. The molecule has 0 aliphatic carbocycles. The Labute approximate surface area is 119 Å². The third-order valence-electron chi connectivity index (χ3n) is 3.93. The zero-order valence-corrected chi connectivity index (χ0v) is 12.1. The van der Waals surface area contributed by atoms with E-state index >= 15 is 0 Å². The lowest BCUT2D eigenvalue weighted by Gasteiger charge is -2.39. The fourth-order valence-corrected chi connectivity index (χ4v) is 2.65. The number of rotatable bonds is 5. The molecular weight excluding hydrogens is 259 g/mol. The van der Waals surface area contributed by atoms with Crippen molar-refractivity contribution in [2.24, 2.45) is 0 Å². The van der Waals surface area contributed by atoms with Crippen molar-refractivity contribution in [1.29, 1.82) is 0 Å². The van der Waals surface area contributed by atoms with Crippen LogP contribution < -0.4 is 0 Å². The predicted molar refractivity (Wildman–Crippen MR) is 75.5 cm³/mol. The molecule has 4 nitrogen and oxygen atoms in total. The quantitative estimate of drug-likeness (QED) is 0.833. The minimum absolute atomic E-state index is 0.244. The van der Waals surface area contributed by atoms with E-state index < -0.39 is 6.41 Å². The number of aliphatic hydroxyl groups is 1. The summed E-state index contributed by atoms with van der Waals surface area (Å²) in [6.07, 6.45) is 1.07. The van der Waals surface area contributed by atoms with Crippen LogP contribution in [0.25, 0.3) is 0 Å². The first kappa shape index (κ1) is 15.4. The molecule has 0 saturated carbocycles. The Bertz CT molecular complexity index is 405. The van der Waals surface area contributed by atoms with E-state index in [-0.39, 0.29) is 11.9 Å². The van der Waals surface area contributed by atoms with E-state index in [1.807, 2.05) is 4.90 Å². The summed E-state index contributed by atoms with van der Waals surface area (Å²) in [5.41, 5.74) is 0.974. The molecule has 112 valence electrons. The largest absolute Gasteiger partial charge is 0.356 e. The first-order valence-corrected chi connectivity index (χ1v) is 6.99. The summed E-state index contributed by atoms with van der Waals surface area (Å²) in [4.78, 5) is 4.23. The van der Waals surface area contributed by atoms with Gasteiger partial charge in [-0.2, -0.15) is 0 Å². The van der Waals surface area contributed by atoms with Crippen molar-refractivity contribution < 1.29 is 14.2 Å². The lowest BCUT2D eigenvalue weighted by molar-refractivity contribution is -0.198. The monoisotopic (exact) mass is 282 g/mol. The minimum atomic E-state index is -0.923. The third-order valence-corrected chi connectivity index (χ3v) is 3.93. The maximum atomic E-state index is 13.0. The topological polar surface area (TPSA) is 35.9 Å².